The molecule has 0 bridgehead atoms. The Morgan fingerprint density at radius 2 is 1.77 bits per heavy atom. The van der Waals surface area contributed by atoms with Gasteiger partial charge in [0.1, 0.15) is 0 Å². The molecule has 0 spiro atoms. The minimum atomic E-state index is 0.870. The molecule has 2 unspecified atom stereocenters. The summed E-state index contributed by atoms with van der Waals surface area (Å²) in [5.74, 6) is 1.79. The van der Waals surface area contributed by atoms with E-state index in [-0.39, 0.29) is 0 Å². The topological polar surface area (TPSA) is 12.0 Å². The zero-order valence-electron chi connectivity index (χ0n) is 9.47. The van der Waals surface area contributed by atoms with Crippen molar-refractivity contribution in [2.75, 3.05) is 6.54 Å². The van der Waals surface area contributed by atoms with Gasteiger partial charge >= 0.3 is 0 Å². The predicted molar refractivity (Wildman–Crippen MR) is 58.9 cm³/mol. The highest BCUT2D eigenvalue weighted by Gasteiger charge is 2.20. The zero-order chi connectivity index (χ0) is 9.68. The van der Waals surface area contributed by atoms with Crippen molar-refractivity contribution in [2.24, 2.45) is 11.8 Å². The molecule has 1 saturated carbocycles. The Morgan fingerprint density at radius 1 is 1.15 bits per heavy atom. The lowest BCUT2D eigenvalue weighted by atomic mass is 9.96. The Hall–Kier alpha value is -0.0400. The molecule has 1 fully saturated rings. The highest BCUT2D eigenvalue weighted by Crippen LogP contribution is 2.20. The lowest BCUT2D eigenvalue weighted by Crippen LogP contribution is -2.23. The van der Waals surface area contributed by atoms with Gasteiger partial charge < -0.3 is 5.32 Å². The van der Waals surface area contributed by atoms with Crippen molar-refractivity contribution in [1.82, 2.24) is 5.32 Å². The Kier molecular flexibility index (Phi) is 4.79. The molecule has 0 heterocycles. The van der Waals surface area contributed by atoms with Gasteiger partial charge in [-0.25, -0.2) is 0 Å². The molecule has 1 aliphatic rings. The standard InChI is InChI=1S/C12H25N/c1-4-10(2)5-6-11(3)9-13-12-7-8-12/h10-13H,4-9H2,1-3H3. The van der Waals surface area contributed by atoms with Crippen molar-refractivity contribution >= 4 is 0 Å². The average Bonchev–Trinajstić information content (AvgIpc) is 2.94. The van der Waals surface area contributed by atoms with Crippen LogP contribution in [0.4, 0.5) is 0 Å². The molecule has 0 radical (unpaired) electrons. The number of nitrogens with one attached hydrogen (secondary N) is 1. The smallest absolute Gasteiger partial charge is 0.00683 e. The molecule has 1 rings (SSSR count). The van der Waals surface area contributed by atoms with E-state index in [1.165, 1.54) is 38.6 Å². The molecule has 1 nitrogen and oxygen atoms in total. The molecule has 0 amide bonds. The summed E-state index contributed by atoms with van der Waals surface area (Å²) < 4.78 is 0. The summed E-state index contributed by atoms with van der Waals surface area (Å²) in [7, 11) is 0. The van der Waals surface area contributed by atoms with Gasteiger partial charge in [-0.15, -0.1) is 0 Å². The quantitative estimate of drug-likeness (QED) is 0.639. The monoisotopic (exact) mass is 183 g/mol. The molecule has 0 aromatic rings. The summed E-state index contributed by atoms with van der Waals surface area (Å²) in [5, 5.41) is 3.60. The van der Waals surface area contributed by atoms with Crippen LogP contribution in [0.25, 0.3) is 0 Å². The number of hydrogen-bond donors (Lipinski definition) is 1. The molecule has 0 aromatic carbocycles. The second-order valence-electron chi connectivity index (χ2n) is 4.88. The van der Waals surface area contributed by atoms with Gasteiger partial charge in [-0.05, 0) is 37.6 Å². The molecule has 0 saturated heterocycles. The average molecular weight is 183 g/mol. The summed E-state index contributed by atoms with van der Waals surface area (Å²) in [6.07, 6.45) is 6.97. The van der Waals surface area contributed by atoms with Crippen LogP contribution in [-0.2, 0) is 0 Å². The lowest BCUT2D eigenvalue weighted by molar-refractivity contribution is 0.405. The van der Waals surface area contributed by atoms with Crippen molar-refractivity contribution in [3.63, 3.8) is 0 Å². The van der Waals surface area contributed by atoms with E-state index in [0.717, 1.165) is 17.9 Å². The van der Waals surface area contributed by atoms with Crippen molar-refractivity contribution in [3.8, 4) is 0 Å². The molecule has 0 aliphatic heterocycles. The van der Waals surface area contributed by atoms with Crippen molar-refractivity contribution in [1.29, 1.82) is 0 Å². The molecule has 0 aromatic heterocycles. The minimum Gasteiger partial charge on any atom is -0.314 e. The first kappa shape index (κ1) is 11.0. The van der Waals surface area contributed by atoms with Crippen LogP contribution in [0.1, 0.15) is 52.9 Å². The number of rotatable bonds is 7. The van der Waals surface area contributed by atoms with Crippen LogP contribution in [0.3, 0.4) is 0 Å². The molecule has 1 aliphatic carbocycles. The van der Waals surface area contributed by atoms with E-state index in [2.05, 4.69) is 26.1 Å². The lowest BCUT2D eigenvalue weighted by Gasteiger charge is -2.14. The summed E-state index contributed by atoms with van der Waals surface area (Å²) in [6, 6.07) is 0.881. The van der Waals surface area contributed by atoms with Crippen molar-refractivity contribution in [2.45, 2.75) is 58.9 Å². The second-order valence-corrected chi connectivity index (χ2v) is 4.88. The van der Waals surface area contributed by atoms with Gasteiger partial charge in [0, 0.05) is 6.04 Å². The van der Waals surface area contributed by atoms with Crippen LogP contribution < -0.4 is 5.32 Å². The van der Waals surface area contributed by atoms with Crippen LogP contribution in [0.15, 0.2) is 0 Å². The maximum Gasteiger partial charge on any atom is 0.00683 e. The fraction of sp³-hybridized carbons (Fsp3) is 1.00. The molecule has 78 valence electrons. The van der Waals surface area contributed by atoms with E-state index in [9.17, 15) is 0 Å². The summed E-state index contributed by atoms with van der Waals surface area (Å²) in [6.45, 7) is 8.26. The normalized spacial score (nSPS) is 21.5. The predicted octanol–water partition coefficient (Wildman–Crippen LogP) is 3.20. The van der Waals surface area contributed by atoms with Gasteiger partial charge in [0.05, 0.1) is 0 Å². The summed E-state index contributed by atoms with van der Waals surface area (Å²) in [4.78, 5) is 0. The Balaban J connectivity index is 1.92. The molecule has 1 heteroatoms. The maximum absolute atomic E-state index is 3.60. The zero-order valence-corrected chi connectivity index (χ0v) is 9.47. The molecule has 1 N–H and O–H groups in total. The SMILES string of the molecule is CCC(C)CCC(C)CNC1CC1. The summed E-state index contributed by atoms with van der Waals surface area (Å²) >= 11 is 0. The van der Waals surface area contributed by atoms with E-state index in [1.807, 2.05) is 0 Å². The van der Waals surface area contributed by atoms with Crippen LogP contribution in [0.2, 0.25) is 0 Å². The van der Waals surface area contributed by atoms with Gasteiger partial charge in [0.15, 0.2) is 0 Å². The fourth-order valence-corrected chi connectivity index (χ4v) is 1.53. The van der Waals surface area contributed by atoms with E-state index < -0.39 is 0 Å². The van der Waals surface area contributed by atoms with Gasteiger partial charge in [0.25, 0.3) is 0 Å². The third kappa shape index (κ3) is 5.30. The van der Waals surface area contributed by atoms with Crippen molar-refractivity contribution < 1.29 is 0 Å². The Labute approximate surface area is 83.3 Å². The van der Waals surface area contributed by atoms with Crippen molar-refractivity contribution in [3.05, 3.63) is 0 Å². The first-order valence-corrected chi connectivity index (χ1v) is 5.95. The van der Waals surface area contributed by atoms with Gasteiger partial charge in [-0.1, -0.05) is 33.6 Å². The van der Waals surface area contributed by atoms with Crippen LogP contribution >= 0.6 is 0 Å². The minimum absolute atomic E-state index is 0.870. The second kappa shape index (κ2) is 5.64. The first-order chi connectivity index (χ1) is 6.22. The molecule has 13 heavy (non-hydrogen) atoms. The third-order valence-corrected chi connectivity index (χ3v) is 3.18. The number of hydrogen-bond acceptors (Lipinski definition) is 1. The van der Waals surface area contributed by atoms with E-state index in [4.69, 9.17) is 0 Å². The maximum atomic E-state index is 3.60. The van der Waals surface area contributed by atoms with Gasteiger partial charge in [-0.3, -0.25) is 0 Å². The van der Waals surface area contributed by atoms with E-state index >= 15 is 0 Å². The third-order valence-electron chi connectivity index (χ3n) is 3.18. The highest BCUT2D eigenvalue weighted by atomic mass is 14.9. The Morgan fingerprint density at radius 3 is 2.31 bits per heavy atom. The van der Waals surface area contributed by atoms with E-state index in [1.54, 1.807) is 0 Å². The van der Waals surface area contributed by atoms with Gasteiger partial charge in [-0.2, -0.15) is 0 Å². The summed E-state index contributed by atoms with van der Waals surface area (Å²) in [5.41, 5.74) is 0. The largest absolute Gasteiger partial charge is 0.314 e. The molecule has 2 atom stereocenters. The van der Waals surface area contributed by atoms with Crippen LogP contribution in [-0.4, -0.2) is 12.6 Å². The van der Waals surface area contributed by atoms with Crippen LogP contribution in [0.5, 0.6) is 0 Å². The van der Waals surface area contributed by atoms with Gasteiger partial charge in [0.2, 0.25) is 0 Å². The molecular formula is C12H25N. The first-order valence-electron chi connectivity index (χ1n) is 5.95. The Bertz CT molecular complexity index is 129. The van der Waals surface area contributed by atoms with Crippen LogP contribution in [0, 0.1) is 11.8 Å². The molecular weight excluding hydrogens is 158 g/mol. The highest BCUT2D eigenvalue weighted by molar-refractivity contribution is 4.81. The fourth-order valence-electron chi connectivity index (χ4n) is 1.53. The van der Waals surface area contributed by atoms with E-state index in [0.29, 0.717) is 0 Å².